The van der Waals surface area contributed by atoms with Gasteiger partial charge in [-0.2, -0.15) is 5.06 Å². The number of benzene rings is 1. The Balaban J connectivity index is 1.43. The zero-order valence-electron chi connectivity index (χ0n) is 19.0. The molecule has 2 bridgehead atoms. The van der Waals surface area contributed by atoms with Crippen LogP contribution in [0.3, 0.4) is 0 Å². The number of hydroxylamine groups is 3. The SMILES string of the molecule is CC(CONC(=O)C1CCC2CN1C(=O)N2OCc1ccccc1)NC(=O)OC(C)(C)C. The van der Waals surface area contributed by atoms with E-state index in [0.717, 1.165) is 5.56 Å². The van der Waals surface area contributed by atoms with Gasteiger partial charge in [-0.05, 0) is 46.1 Å². The number of ether oxygens (including phenoxy) is 1. The molecule has 32 heavy (non-hydrogen) atoms. The van der Waals surface area contributed by atoms with Crippen LogP contribution in [-0.4, -0.2) is 64.9 Å². The van der Waals surface area contributed by atoms with Crippen molar-refractivity contribution in [2.45, 2.75) is 70.9 Å². The Kier molecular flexibility index (Phi) is 7.57. The Morgan fingerprint density at radius 1 is 1.19 bits per heavy atom. The van der Waals surface area contributed by atoms with Crippen LogP contribution in [0.1, 0.15) is 46.1 Å². The summed E-state index contributed by atoms with van der Waals surface area (Å²) in [6.07, 6.45) is 0.616. The highest BCUT2D eigenvalue weighted by Crippen LogP contribution is 2.30. The van der Waals surface area contributed by atoms with Gasteiger partial charge in [-0.1, -0.05) is 30.3 Å². The lowest BCUT2D eigenvalue weighted by Gasteiger charge is -2.29. The molecule has 1 aromatic rings. The Morgan fingerprint density at radius 2 is 1.91 bits per heavy atom. The summed E-state index contributed by atoms with van der Waals surface area (Å²) in [6, 6.07) is 8.21. The Bertz CT molecular complexity index is 812. The number of rotatable bonds is 8. The van der Waals surface area contributed by atoms with Crippen molar-refractivity contribution in [1.82, 2.24) is 20.8 Å². The number of carbonyl (C=O) groups excluding carboxylic acids is 3. The third kappa shape index (κ3) is 6.33. The molecule has 10 nitrogen and oxygen atoms in total. The Hall–Kier alpha value is -2.85. The number of amides is 4. The lowest BCUT2D eigenvalue weighted by molar-refractivity contribution is -0.141. The molecule has 4 amide bonds. The lowest BCUT2D eigenvalue weighted by Crippen LogP contribution is -2.50. The van der Waals surface area contributed by atoms with Crippen LogP contribution < -0.4 is 10.8 Å². The molecule has 2 N–H and O–H groups in total. The number of alkyl carbamates (subject to hydrolysis) is 1. The van der Waals surface area contributed by atoms with Gasteiger partial charge >= 0.3 is 12.1 Å². The highest BCUT2D eigenvalue weighted by Gasteiger charge is 2.48. The molecule has 10 heteroatoms. The summed E-state index contributed by atoms with van der Waals surface area (Å²) in [6.45, 7) is 7.83. The van der Waals surface area contributed by atoms with Gasteiger partial charge in [0.05, 0.1) is 18.7 Å². The Labute approximate surface area is 188 Å². The van der Waals surface area contributed by atoms with Crippen molar-refractivity contribution >= 4 is 18.0 Å². The van der Waals surface area contributed by atoms with Gasteiger partial charge in [-0.15, -0.1) is 0 Å². The van der Waals surface area contributed by atoms with Crippen LogP contribution in [0, 0.1) is 0 Å². The first-order valence-electron chi connectivity index (χ1n) is 10.8. The minimum atomic E-state index is -0.627. The number of nitrogens with zero attached hydrogens (tertiary/aromatic N) is 2. The van der Waals surface area contributed by atoms with E-state index >= 15 is 0 Å². The fourth-order valence-electron chi connectivity index (χ4n) is 3.65. The van der Waals surface area contributed by atoms with Crippen molar-refractivity contribution < 1.29 is 28.8 Å². The molecule has 0 radical (unpaired) electrons. The maximum Gasteiger partial charge on any atom is 0.407 e. The quantitative estimate of drug-likeness (QED) is 0.591. The summed E-state index contributed by atoms with van der Waals surface area (Å²) < 4.78 is 5.18. The fraction of sp³-hybridized carbons (Fsp3) is 0.591. The topological polar surface area (TPSA) is 109 Å². The maximum absolute atomic E-state index is 12.8. The predicted molar refractivity (Wildman–Crippen MR) is 115 cm³/mol. The number of hydrogen-bond acceptors (Lipinski definition) is 6. The standard InChI is InChI=1S/C22H32N4O6/c1-15(23-20(28)32-22(2,3)4)13-30-24-19(27)18-11-10-17-12-25(18)21(29)26(17)31-14-16-8-6-5-7-9-16/h5-9,15,17-18H,10-14H2,1-4H3,(H,23,28)(H,24,27). The molecule has 3 unspecified atom stereocenters. The molecule has 0 aliphatic carbocycles. The number of hydrogen-bond donors (Lipinski definition) is 2. The van der Waals surface area contributed by atoms with Gasteiger partial charge in [0.2, 0.25) is 0 Å². The molecular weight excluding hydrogens is 416 g/mol. The largest absolute Gasteiger partial charge is 0.444 e. The lowest BCUT2D eigenvalue weighted by atomic mass is 10.0. The second-order valence-corrected chi connectivity index (χ2v) is 9.09. The van der Waals surface area contributed by atoms with Crippen molar-refractivity contribution in [1.29, 1.82) is 0 Å². The van der Waals surface area contributed by atoms with E-state index in [9.17, 15) is 14.4 Å². The molecule has 2 fully saturated rings. The van der Waals surface area contributed by atoms with E-state index in [1.54, 1.807) is 27.7 Å². The third-order valence-corrected chi connectivity index (χ3v) is 5.11. The van der Waals surface area contributed by atoms with E-state index < -0.39 is 23.6 Å². The summed E-state index contributed by atoms with van der Waals surface area (Å²) in [5.74, 6) is -0.397. The van der Waals surface area contributed by atoms with Gasteiger partial charge in [0, 0.05) is 6.54 Å². The van der Waals surface area contributed by atoms with Gasteiger partial charge in [-0.25, -0.2) is 15.1 Å². The molecule has 2 aliphatic heterocycles. The van der Waals surface area contributed by atoms with E-state index in [2.05, 4.69) is 10.8 Å². The second-order valence-electron chi connectivity index (χ2n) is 9.09. The summed E-state index contributed by atoms with van der Waals surface area (Å²) in [7, 11) is 0. The van der Waals surface area contributed by atoms with Crippen molar-refractivity contribution in [2.24, 2.45) is 0 Å². The van der Waals surface area contributed by atoms with Crippen LogP contribution in [0.2, 0.25) is 0 Å². The van der Waals surface area contributed by atoms with E-state index in [1.807, 2.05) is 30.3 Å². The summed E-state index contributed by atoms with van der Waals surface area (Å²) in [5.41, 5.74) is 2.76. The predicted octanol–water partition coefficient (Wildman–Crippen LogP) is 2.35. The second kappa shape index (κ2) is 10.2. The molecule has 0 aromatic heterocycles. The number of urea groups is 1. The van der Waals surface area contributed by atoms with Crippen LogP contribution in [0.15, 0.2) is 30.3 Å². The zero-order valence-corrected chi connectivity index (χ0v) is 19.0. The molecule has 176 valence electrons. The first kappa shape index (κ1) is 23.8. The van der Waals surface area contributed by atoms with Gasteiger partial charge in [0.25, 0.3) is 5.91 Å². The van der Waals surface area contributed by atoms with Gasteiger partial charge < -0.3 is 15.0 Å². The third-order valence-electron chi connectivity index (χ3n) is 5.11. The first-order chi connectivity index (χ1) is 15.1. The first-order valence-corrected chi connectivity index (χ1v) is 10.8. The molecule has 2 heterocycles. The number of piperidine rings is 1. The van der Waals surface area contributed by atoms with Crippen LogP contribution >= 0.6 is 0 Å². The zero-order chi connectivity index (χ0) is 23.3. The average Bonchev–Trinajstić information content (AvgIpc) is 2.95. The van der Waals surface area contributed by atoms with Gasteiger partial charge in [0.1, 0.15) is 18.2 Å². The fourth-order valence-corrected chi connectivity index (χ4v) is 3.65. The number of nitrogens with one attached hydrogen (secondary N) is 2. The minimum absolute atomic E-state index is 0.0561. The summed E-state index contributed by atoms with van der Waals surface area (Å²) in [4.78, 5) is 49.7. The highest BCUT2D eigenvalue weighted by molar-refractivity contribution is 5.88. The minimum Gasteiger partial charge on any atom is -0.444 e. The van der Waals surface area contributed by atoms with E-state index in [1.165, 1.54) is 9.96 Å². The normalized spacial score (nSPS) is 21.3. The maximum atomic E-state index is 12.8. The molecule has 0 spiro atoms. The molecule has 0 saturated carbocycles. The van der Waals surface area contributed by atoms with Crippen molar-refractivity contribution in [3.63, 3.8) is 0 Å². The molecule has 2 aliphatic rings. The molecule has 2 saturated heterocycles. The Morgan fingerprint density at radius 3 is 2.59 bits per heavy atom. The van der Waals surface area contributed by atoms with Crippen LogP contribution in [0.5, 0.6) is 0 Å². The van der Waals surface area contributed by atoms with E-state index in [4.69, 9.17) is 14.4 Å². The smallest absolute Gasteiger partial charge is 0.407 e. The van der Waals surface area contributed by atoms with Crippen molar-refractivity contribution in [3.05, 3.63) is 35.9 Å². The van der Waals surface area contributed by atoms with E-state index in [0.29, 0.717) is 26.0 Å². The highest BCUT2D eigenvalue weighted by atomic mass is 16.7. The summed E-state index contributed by atoms with van der Waals surface area (Å²) in [5, 5.41) is 4.01. The van der Waals surface area contributed by atoms with Crippen LogP contribution in [0.4, 0.5) is 9.59 Å². The van der Waals surface area contributed by atoms with Gasteiger partial charge in [-0.3, -0.25) is 14.5 Å². The van der Waals surface area contributed by atoms with Crippen LogP contribution in [-0.2, 0) is 25.8 Å². The number of fused-ring (bicyclic) bond motifs is 2. The molecule has 3 rings (SSSR count). The van der Waals surface area contributed by atoms with E-state index in [-0.39, 0.29) is 24.7 Å². The monoisotopic (exact) mass is 448 g/mol. The molecule has 1 aromatic carbocycles. The van der Waals surface area contributed by atoms with Gasteiger partial charge in [0.15, 0.2) is 0 Å². The molecule has 3 atom stereocenters. The average molecular weight is 449 g/mol. The number of carbonyl (C=O) groups is 3. The van der Waals surface area contributed by atoms with Crippen LogP contribution in [0.25, 0.3) is 0 Å². The van der Waals surface area contributed by atoms with Crippen molar-refractivity contribution in [3.8, 4) is 0 Å². The van der Waals surface area contributed by atoms with Crippen molar-refractivity contribution in [2.75, 3.05) is 13.2 Å². The molecular formula is C22H32N4O6. The summed E-state index contributed by atoms with van der Waals surface area (Å²) >= 11 is 0.